The highest BCUT2D eigenvalue weighted by Crippen LogP contribution is 2.07. The zero-order valence-electron chi connectivity index (χ0n) is 8.26. The molecule has 0 bridgehead atoms. The molecular formula is C12H11FN2. The van der Waals surface area contributed by atoms with E-state index < -0.39 is 5.82 Å². The molecule has 1 rings (SSSR count). The second kappa shape index (κ2) is 5.80. The van der Waals surface area contributed by atoms with Gasteiger partial charge in [-0.15, -0.1) is 0 Å². The summed E-state index contributed by atoms with van der Waals surface area (Å²) in [5.74, 6) is 5.24. The molecule has 0 atom stereocenters. The molecule has 2 nitrogen and oxygen atoms in total. The van der Waals surface area contributed by atoms with Crippen molar-refractivity contribution in [2.24, 2.45) is 5.73 Å². The molecule has 0 aliphatic heterocycles. The number of nitriles is 1. The SMILES string of the molecule is N#Cc1cc(F)cc(C#CCCCN)c1. The fourth-order valence-corrected chi connectivity index (χ4v) is 1.08. The normalized spacial score (nSPS) is 8.87. The molecule has 0 amide bonds. The number of benzene rings is 1. The lowest BCUT2D eigenvalue weighted by atomic mass is 10.1. The molecule has 3 heteroatoms. The molecule has 0 aliphatic rings. The third-order valence-corrected chi connectivity index (χ3v) is 1.77. The zero-order valence-corrected chi connectivity index (χ0v) is 8.26. The van der Waals surface area contributed by atoms with Crippen LogP contribution >= 0.6 is 0 Å². The van der Waals surface area contributed by atoms with Crippen molar-refractivity contribution in [2.45, 2.75) is 12.8 Å². The van der Waals surface area contributed by atoms with Gasteiger partial charge in [-0.05, 0) is 31.2 Å². The maximum absolute atomic E-state index is 13.0. The first-order valence-corrected chi connectivity index (χ1v) is 4.66. The molecule has 0 aromatic heterocycles. The monoisotopic (exact) mass is 202 g/mol. The van der Waals surface area contributed by atoms with Gasteiger partial charge in [0, 0.05) is 12.0 Å². The molecule has 0 heterocycles. The Morgan fingerprint density at radius 1 is 1.27 bits per heavy atom. The molecule has 0 fully saturated rings. The first-order chi connectivity index (χ1) is 7.26. The molecule has 2 N–H and O–H groups in total. The van der Waals surface area contributed by atoms with E-state index in [0.29, 0.717) is 18.5 Å². The number of nitrogens with zero attached hydrogens (tertiary/aromatic N) is 1. The van der Waals surface area contributed by atoms with Crippen LogP contribution in [0.3, 0.4) is 0 Å². The average molecular weight is 202 g/mol. The number of rotatable bonds is 2. The van der Waals surface area contributed by atoms with Crippen LogP contribution in [0.25, 0.3) is 0 Å². The third kappa shape index (κ3) is 3.81. The Morgan fingerprint density at radius 2 is 2.00 bits per heavy atom. The van der Waals surface area contributed by atoms with E-state index in [1.807, 2.05) is 6.07 Å². The number of hydrogen-bond acceptors (Lipinski definition) is 2. The van der Waals surface area contributed by atoms with Crippen LogP contribution in [0.5, 0.6) is 0 Å². The van der Waals surface area contributed by atoms with Gasteiger partial charge in [0.15, 0.2) is 0 Å². The molecule has 1 aromatic rings. The molecule has 0 unspecified atom stereocenters. The highest BCUT2D eigenvalue weighted by atomic mass is 19.1. The van der Waals surface area contributed by atoms with Gasteiger partial charge in [-0.3, -0.25) is 0 Å². The summed E-state index contributed by atoms with van der Waals surface area (Å²) in [4.78, 5) is 0. The van der Waals surface area contributed by atoms with Crippen molar-refractivity contribution in [1.29, 1.82) is 5.26 Å². The average Bonchev–Trinajstić information content (AvgIpc) is 2.23. The van der Waals surface area contributed by atoms with Gasteiger partial charge in [0.2, 0.25) is 0 Å². The number of unbranched alkanes of at least 4 members (excludes halogenated alkanes) is 1. The summed E-state index contributed by atoms with van der Waals surface area (Å²) in [5, 5.41) is 8.61. The Labute approximate surface area is 88.5 Å². The van der Waals surface area contributed by atoms with E-state index in [9.17, 15) is 4.39 Å². The molecule has 0 aliphatic carbocycles. The lowest BCUT2D eigenvalue weighted by molar-refractivity contribution is 0.627. The van der Waals surface area contributed by atoms with Crippen molar-refractivity contribution in [3.63, 3.8) is 0 Å². The lowest BCUT2D eigenvalue weighted by Crippen LogP contribution is -1.96. The fraction of sp³-hybridized carbons (Fsp3) is 0.250. The second-order valence-corrected chi connectivity index (χ2v) is 3.03. The number of hydrogen-bond donors (Lipinski definition) is 1. The van der Waals surface area contributed by atoms with Gasteiger partial charge in [0.05, 0.1) is 11.6 Å². The molecule has 76 valence electrons. The summed E-state index contributed by atoms with van der Waals surface area (Å²) in [7, 11) is 0. The lowest BCUT2D eigenvalue weighted by Gasteiger charge is -1.93. The minimum Gasteiger partial charge on any atom is -0.330 e. The van der Waals surface area contributed by atoms with E-state index in [1.54, 1.807) is 6.07 Å². The zero-order chi connectivity index (χ0) is 11.1. The van der Waals surface area contributed by atoms with Crippen LogP contribution in [-0.4, -0.2) is 6.54 Å². The van der Waals surface area contributed by atoms with Crippen molar-refractivity contribution in [3.8, 4) is 17.9 Å². The van der Waals surface area contributed by atoms with E-state index in [-0.39, 0.29) is 5.56 Å². The molecule has 0 saturated carbocycles. The van der Waals surface area contributed by atoms with Crippen LogP contribution in [0.15, 0.2) is 18.2 Å². The van der Waals surface area contributed by atoms with Crippen molar-refractivity contribution in [1.82, 2.24) is 0 Å². The Kier molecular flexibility index (Phi) is 4.34. The van der Waals surface area contributed by atoms with E-state index in [0.717, 1.165) is 6.42 Å². The van der Waals surface area contributed by atoms with Crippen molar-refractivity contribution in [2.75, 3.05) is 6.54 Å². The summed E-state index contributed by atoms with van der Waals surface area (Å²) in [6.45, 7) is 0.598. The largest absolute Gasteiger partial charge is 0.330 e. The van der Waals surface area contributed by atoms with E-state index in [4.69, 9.17) is 11.0 Å². The predicted octanol–water partition coefficient (Wildman–Crippen LogP) is 1.79. The van der Waals surface area contributed by atoms with Crippen molar-refractivity contribution < 1.29 is 4.39 Å². The Morgan fingerprint density at radius 3 is 2.67 bits per heavy atom. The van der Waals surface area contributed by atoms with Crippen LogP contribution in [0.2, 0.25) is 0 Å². The maximum atomic E-state index is 13.0. The van der Waals surface area contributed by atoms with Gasteiger partial charge in [-0.25, -0.2) is 4.39 Å². The first kappa shape index (κ1) is 11.2. The topological polar surface area (TPSA) is 49.8 Å². The summed E-state index contributed by atoms with van der Waals surface area (Å²) in [6, 6.07) is 5.95. The summed E-state index contributed by atoms with van der Waals surface area (Å²) in [6.07, 6.45) is 1.52. The number of nitrogens with two attached hydrogens (primary N) is 1. The summed E-state index contributed by atoms with van der Waals surface area (Å²) >= 11 is 0. The van der Waals surface area contributed by atoms with E-state index in [1.165, 1.54) is 12.1 Å². The molecule has 0 spiro atoms. The highest BCUT2D eigenvalue weighted by Gasteiger charge is 1.97. The predicted molar refractivity (Wildman–Crippen MR) is 56.3 cm³/mol. The van der Waals surface area contributed by atoms with Gasteiger partial charge >= 0.3 is 0 Å². The molecule has 0 saturated heterocycles. The van der Waals surface area contributed by atoms with E-state index in [2.05, 4.69) is 11.8 Å². The fourth-order valence-electron chi connectivity index (χ4n) is 1.08. The number of halogens is 1. The molecular weight excluding hydrogens is 191 g/mol. The Balaban J connectivity index is 2.80. The van der Waals surface area contributed by atoms with Crippen LogP contribution in [0.4, 0.5) is 4.39 Å². The quantitative estimate of drug-likeness (QED) is 0.587. The third-order valence-electron chi connectivity index (χ3n) is 1.77. The Bertz CT molecular complexity index is 435. The highest BCUT2D eigenvalue weighted by molar-refractivity contribution is 5.41. The van der Waals surface area contributed by atoms with Crippen molar-refractivity contribution in [3.05, 3.63) is 35.1 Å². The first-order valence-electron chi connectivity index (χ1n) is 4.66. The summed E-state index contributed by atoms with van der Waals surface area (Å²) in [5.41, 5.74) is 6.13. The van der Waals surface area contributed by atoms with Gasteiger partial charge in [0.25, 0.3) is 0 Å². The van der Waals surface area contributed by atoms with Crippen LogP contribution in [0, 0.1) is 29.0 Å². The summed E-state index contributed by atoms with van der Waals surface area (Å²) < 4.78 is 13.0. The minimum absolute atomic E-state index is 0.290. The van der Waals surface area contributed by atoms with Crippen molar-refractivity contribution >= 4 is 0 Å². The second-order valence-electron chi connectivity index (χ2n) is 3.03. The smallest absolute Gasteiger partial charge is 0.125 e. The minimum atomic E-state index is -0.433. The van der Waals surface area contributed by atoms with Gasteiger partial charge in [-0.2, -0.15) is 5.26 Å². The Hall–Kier alpha value is -1.84. The van der Waals surface area contributed by atoms with E-state index >= 15 is 0 Å². The van der Waals surface area contributed by atoms with Gasteiger partial charge in [-0.1, -0.05) is 11.8 Å². The van der Waals surface area contributed by atoms with Crippen LogP contribution < -0.4 is 5.73 Å². The van der Waals surface area contributed by atoms with Crippen LogP contribution in [-0.2, 0) is 0 Å². The molecule has 15 heavy (non-hydrogen) atoms. The van der Waals surface area contributed by atoms with Gasteiger partial charge in [0.1, 0.15) is 5.82 Å². The standard InChI is InChI=1S/C12H11FN2/c13-12-7-10(4-2-1-3-5-14)6-11(8-12)9-15/h6-8H,1,3,5,14H2. The van der Waals surface area contributed by atoms with Gasteiger partial charge < -0.3 is 5.73 Å². The maximum Gasteiger partial charge on any atom is 0.125 e. The molecule has 0 radical (unpaired) electrons. The molecule has 1 aromatic carbocycles. The van der Waals surface area contributed by atoms with Crippen LogP contribution in [0.1, 0.15) is 24.0 Å².